The molecule has 18 nitrogen and oxygen atoms in total. The van der Waals surface area contributed by atoms with Gasteiger partial charge in [0.2, 0.25) is 0 Å². The fourth-order valence-corrected chi connectivity index (χ4v) is 6.53. The number of piperazine rings is 1. The molecule has 2 fully saturated rings. The topological polar surface area (TPSA) is 176 Å². The van der Waals surface area contributed by atoms with Gasteiger partial charge in [0, 0.05) is 57.5 Å². The minimum atomic E-state index is -0.509. The van der Waals surface area contributed by atoms with Gasteiger partial charge in [-0.1, -0.05) is 0 Å². The number of nitrogens with two attached hydrogens (primary N) is 1. The molecule has 18 heteroatoms. The van der Waals surface area contributed by atoms with Gasteiger partial charge in [-0.3, -0.25) is 9.80 Å². The Morgan fingerprint density at radius 1 is 0.532 bits per heavy atom. The van der Waals surface area contributed by atoms with Gasteiger partial charge in [-0.2, -0.15) is 0 Å². The number of benzene rings is 1. The van der Waals surface area contributed by atoms with Gasteiger partial charge in [0.15, 0.2) is 0 Å². The number of amides is 1. The molecule has 0 radical (unpaired) electrons. The summed E-state index contributed by atoms with van der Waals surface area (Å²) in [5.74, 6) is 0.778. The molecular weight excluding hydrogens is 807 g/mol. The Hall–Kier alpha value is -2.43. The molecule has 0 saturated carbocycles. The van der Waals surface area contributed by atoms with E-state index in [9.17, 15) is 4.79 Å². The van der Waals surface area contributed by atoms with Crippen molar-refractivity contribution >= 4 is 11.8 Å². The Labute approximate surface area is 371 Å². The Bertz CT molecular complexity index is 1190. The van der Waals surface area contributed by atoms with Crippen LogP contribution in [0.4, 0.5) is 10.5 Å². The van der Waals surface area contributed by atoms with Gasteiger partial charge in [-0.15, -0.1) is 0 Å². The summed E-state index contributed by atoms with van der Waals surface area (Å²) in [4.78, 5) is 19.3. The first-order valence-electron chi connectivity index (χ1n) is 22.7. The van der Waals surface area contributed by atoms with Crippen LogP contribution in [0.3, 0.4) is 0 Å². The lowest BCUT2D eigenvalue weighted by molar-refractivity contribution is -0.0153. The highest BCUT2D eigenvalue weighted by atomic mass is 16.6. The number of alkyl carbamates (subject to hydrolysis) is 1. The van der Waals surface area contributed by atoms with Crippen molar-refractivity contribution in [3.63, 3.8) is 0 Å². The third kappa shape index (κ3) is 29.8. The predicted molar refractivity (Wildman–Crippen MR) is 236 cm³/mol. The molecule has 62 heavy (non-hydrogen) atoms. The average Bonchev–Trinajstić information content (AvgIpc) is 3.26. The summed E-state index contributed by atoms with van der Waals surface area (Å²) >= 11 is 0. The molecule has 0 unspecified atom stereocenters. The van der Waals surface area contributed by atoms with Crippen LogP contribution in [0.25, 0.3) is 0 Å². The first-order chi connectivity index (χ1) is 30.3. The standard InChI is InChI=1S/C44H81N5O13/c1-44(2,3)62-43(50)46-10-19-51-22-25-54-28-31-57-32-30-56-27-24-53-21-18-48-13-15-49(16-14-48)41-8-11-47(12-9-41)17-20-52-23-26-55-29-33-58-34-35-59-36-37-60-38-39-61-42-6-4-40(45)5-7-42/h4-7,41H,8-39,45H2,1-3H3,(H,46,50). The van der Waals surface area contributed by atoms with E-state index < -0.39 is 11.7 Å². The number of piperidine rings is 1. The minimum absolute atomic E-state index is 0.390. The zero-order chi connectivity index (χ0) is 44.2. The van der Waals surface area contributed by atoms with Gasteiger partial charge in [0.1, 0.15) is 18.0 Å². The van der Waals surface area contributed by atoms with Gasteiger partial charge < -0.3 is 72.8 Å². The van der Waals surface area contributed by atoms with E-state index in [-0.39, 0.29) is 0 Å². The summed E-state index contributed by atoms with van der Waals surface area (Å²) in [6.45, 7) is 25.8. The van der Waals surface area contributed by atoms with E-state index >= 15 is 0 Å². The summed E-state index contributed by atoms with van der Waals surface area (Å²) < 4.78 is 66.7. The average molecular weight is 888 g/mol. The van der Waals surface area contributed by atoms with Crippen molar-refractivity contribution in [2.45, 2.75) is 45.3 Å². The number of nitrogens with zero attached hydrogens (tertiary/aromatic N) is 3. The van der Waals surface area contributed by atoms with E-state index in [1.165, 1.54) is 12.8 Å². The maximum atomic E-state index is 11.6. The Morgan fingerprint density at radius 2 is 0.903 bits per heavy atom. The van der Waals surface area contributed by atoms with Gasteiger partial charge in [-0.05, 0) is 71.0 Å². The first-order valence-corrected chi connectivity index (χ1v) is 22.7. The van der Waals surface area contributed by atoms with Gasteiger partial charge in [-0.25, -0.2) is 4.79 Å². The molecule has 3 rings (SSSR count). The second-order valence-corrected chi connectivity index (χ2v) is 15.9. The van der Waals surface area contributed by atoms with Crippen LogP contribution in [-0.2, 0) is 52.1 Å². The van der Waals surface area contributed by atoms with Crippen LogP contribution in [0.1, 0.15) is 33.6 Å². The number of likely N-dealkylation sites (tertiary alicyclic amines) is 1. The lowest BCUT2D eigenvalue weighted by Gasteiger charge is -2.42. The molecule has 360 valence electrons. The molecule has 1 aromatic rings. The summed E-state index contributed by atoms with van der Waals surface area (Å²) in [6.07, 6.45) is 2.00. The highest BCUT2D eigenvalue weighted by Gasteiger charge is 2.27. The number of carbonyl (C=O) groups excluding carboxylic acids is 1. The normalized spacial score (nSPS) is 15.9. The van der Waals surface area contributed by atoms with Gasteiger partial charge in [0.25, 0.3) is 0 Å². The number of hydrogen-bond acceptors (Lipinski definition) is 17. The van der Waals surface area contributed by atoms with E-state index in [4.69, 9.17) is 62.6 Å². The molecule has 0 bridgehead atoms. The van der Waals surface area contributed by atoms with Crippen molar-refractivity contribution in [3.05, 3.63) is 24.3 Å². The molecule has 2 heterocycles. The lowest BCUT2D eigenvalue weighted by atomic mass is 10.0. The van der Waals surface area contributed by atoms with Crippen molar-refractivity contribution in [1.82, 2.24) is 20.0 Å². The molecule has 0 spiro atoms. The number of nitrogen functional groups attached to an aromatic ring is 1. The van der Waals surface area contributed by atoms with Crippen LogP contribution < -0.4 is 15.8 Å². The molecule has 2 aliphatic heterocycles. The van der Waals surface area contributed by atoms with Gasteiger partial charge >= 0.3 is 6.09 Å². The van der Waals surface area contributed by atoms with Crippen molar-refractivity contribution in [3.8, 4) is 5.75 Å². The molecule has 2 saturated heterocycles. The number of carbonyl (C=O) groups is 1. The quantitative estimate of drug-likeness (QED) is 0.0731. The van der Waals surface area contributed by atoms with Crippen LogP contribution in [0.15, 0.2) is 24.3 Å². The Morgan fingerprint density at radius 3 is 1.32 bits per heavy atom. The number of hydrogen-bond donors (Lipinski definition) is 2. The second kappa shape index (κ2) is 35.9. The monoisotopic (exact) mass is 888 g/mol. The van der Waals surface area contributed by atoms with Crippen LogP contribution in [-0.4, -0.2) is 230 Å². The summed E-state index contributed by atoms with van der Waals surface area (Å²) in [5.41, 5.74) is 5.87. The van der Waals surface area contributed by atoms with Crippen LogP contribution in [0.2, 0.25) is 0 Å². The highest BCUT2D eigenvalue weighted by Crippen LogP contribution is 2.18. The molecule has 0 atom stereocenters. The maximum Gasteiger partial charge on any atom is 0.407 e. The molecule has 3 N–H and O–H groups in total. The summed E-state index contributed by atoms with van der Waals surface area (Å²) in [7, 11) is 0. The van der Waals surface area contributed by atoms with E-state index in [0.717, 1.165) is 71.3 Å². The molecule has 1 aromatic carbocycles. The smallest absolute Gasteiger partial charge is 0.407 e. The van der Waals surface area contributed by atoms with Crippen molar-refractivity contribution < 1.29 is 61.6 Å². The number of ether oxygens (including phenoxy) is 12. The molecule has 2 aliphatic rings. The van der Waals surface area contributed by atoms with Crippen LogP contribution >= 0.6 is 0 Å². The lowest BCUT2D eigenvalue weighted by Crippen LogP contribution is -2.53. The maximum absolute atomic E-state index is 11.6. The van der Waals surface area contributed by atoms with E-state index in [0.29, 0.717) is 144 Å². The summed E-state index contributed by atoms with van der Waals surface area (Å²) in [5, 5.41) is 2.65. The Kier molecular flexibility index (Phi) is 31.2. The third-order valence-corrected chi connectivity index (χ3v) is 9.85. The largest absolute Gasteiger partial charge is 0.491 e. The fraction of sp³-hybridized carbons (Fsp3) is 0.841. The minimum Gasteiger partial charge on any atom is -0.491 e. The number of anilines is 1. The Balaban J connectivity index is 0.969. The van der Waals surface area contributed by atoms with Crippen molar-refractivity contribution in [2.24, 2.45) is 0 Å². The van der Waals surface area contributed by atoms with E-state index in [1.54, 1.807) is 0 Å². The zero-order valence-corrected chi connectivity index (χ0v) is 38.2. The zero-order valence-electron chi connectivity index (χ0n) is 38.2. The third-order valence-electron chi connectivity index (χ3n) is 9.85. The second-order valence-electron chi connectivity index (χ2n) is 15.9. The molecule has 0 aliphatic carbocycles. The fourth-order valence-electron chi connectivity index (χ4n) is 6.53. The predicted octanol–water partition coefficient (Wildman–Crippen LogP) is 2.42. The van der Waals surface area contributed by atoms with E-state index in [1.807, 2.05) is 45.0 Å². The van der Waals surface area contributed by atoms with Crippen LogP contribution in [0.5, 0.6) is 5.75 Å². The molecule has 1 amide bonds. The summed E-state index contributed by atoms with van der Waals surface area (Å²) in [6, 6.07) is 7.98. The SMILES string of the molecule is CC(C)(C)OC(=O)NCCOCCOCCOCCOCCOCCN1CCN(C2CCN(CCOCCOCCOCCOCCOCCOc3ccc(N)cc3)CC2)CC1. The molecule has 0 aromatic heterocycles. The number of rotatable bonds is 38. The van der Waals surface area contributed by atoms with Crippen molar-refractivity contribution in [1.29, 1.82) is 0 Å². The van der Waals surface area contributed by atoms with E-state index in [2.05, 4.69) is 20.0 Å². The van der Waals surface area contributed by atoms with Gasteiger partial charge in [0.05, 0.1) is 132 Å². The highest BCUT2D eigenvalue weighted by molar-refractivity contribution is 5.67. The first kappa shape index (κ1) is 53.9. The van der Waals surface area contributed by atoms with Crippen molar-refractivity contribution in [2.75, 3.05) is 203 Å². The van der Waals surface area contributed by atoms with Crippen LogP contribution in [0, 0.1) is 0 Å². The molecular formula is C44H81N5O13. The number of nitrogens with one attached hydrogen (secondary N) is 1.